The Kier molecular flexibility index (Phi) is 3.06. The summed E-state index contributed by atoms with van der Waals surface area (Å²) in [7, 11) is 0. The van der Waals surface area contributed by atoms with Gasteiger partial charge >= 0.3 is 5.97 Å². The minimum absolute atomic E-state index is 0.167. The Bertz CT molecular complexity index is 600. The molecule has 0 aromatic carbocycles. The van der Waals surface area contributed by atoms with Crippen LogP contribution < -0.4 is 0 Å². The summed E-state index contributed by atoms with van der Waals surface area (Å²) in [5.74, 6) is -0.486. The van der Waals surface area contributed by atoms with Crippen molar-refractivity contribution in [2.24, 2.45) is 0 Å². The molecule has 0 unspecified atom stereocenters. The zero-order chi connectivity index (χ0) is 13.3. The molecule has 2 heterocycles. The third kappa shape index (κ3) is 2.07. The molecule has 2 aromatic heterocycles. The first-order chi connectivity index (χ1) is 8.50. The minimum atomic E-state index is -1.00. The number of rotatable bonds is 2. The van der Waals surface area contributed by atoms with Crippen LogP contribution in [0, 0.1) is 20.8 Å². The van der Waals surface area contributed by atoms with E-state index in [1.807, 2.05) is 13.0 Å². The van der Waals surface area contributed by atoms with Crippen molar-refractivity contribution in [3.05, 3.63) is 41.0 Å². The van der Waals surface area contributed by atoms with E-state index in [0.717, 1.165) is 11.1 Å². The number of carboxylic acids is 1. The molecule has 5 heteroatoms. The van der Waals surface area contributed by atoms with Gasteiger partial charge in [-0.05, 0) is 32.4 Å². The Hall–Kier alpha value is -2.30. The summed E-state index contributed by atoms with van der Waals surface area (Å²) in [5.41, 5.74) is 2.93. The van der Waals surface area contributed by atoms with Gasteiger partial charge in [0.15, 0.2) is 5.82 Å². The highest BCUT2D eigenvalue weighted by Gasteiger charge is 2.16. The fourth-order valence-electron chi connectivity index (χ4n) is 1.84. The molecule has 5 nitrogen and oxygen atoms in total. The lowest BCUT2D eigenvalue weighted by Crippen LogP contribution is -2.08. The maximum absolute atomic E-state index is 11.1. The van der Waals surface area contributed by atoms with Crippen molar-refractivity contribution in [2.75, 3.05) is 0 Å². The van der Waals surface area contributed by atoms with Gasteiger partial charge < -0.3 is 5.11 Å². The second-order valence-corrected chi connectivity index (χ2v) is 4.09. The summed E-state index contributed by atoms with van der Waals surface area (Å²) in [6, 6.07) is 1.87. The normalized spacial score (nSPS) is 10.4. The first-order valence-electron chi connectivity index (χ1n) is 5.50. The van der Waals surface area contributed by atoms with Gasteiger partial charge in [0, 0.05) is 18.0 Å². The summed E-state index contributed by atoms with van der Waals surface area (Å²) in [6.07, 6.45) is 3.38. The molecule has 0 saturated carbocycles. The lowest BCUT2D eigenvalue weighted by atomic mass is 10.1. The van der Waals surface area contributed by atoms with E-state index in [1.165, 1.54) is 0 Å². The average molecular weight is 243 g/mol. The van der Waals surface area contributed by atoms with Gasteiger partial charge in [-0.25, -0.2) is 14.8 Å². The molecular weight excluding hydrogens is 230 g/mol. The molecule has 1 N–H and O–H groups in total. The standard InChI is InChI=1S/C13H13N3O2/c1-7-4-5-14-6-10(7)12-15-8(2)11(13(17)18)9(3)16-12/h4-6H,1-3H3,(H,17,18). The van der Waals surface area contributed by atoms with Crippen molar-refractivity contribution in [1.82, 2.24) is 15.0 Å². The number of carboxylic acid groups (broad SMARTS) is 1. The fraction of sp³-hybridized carbons (Fsp3) is 0.231. The molecule has 0 spiro atoms. The van der Waals surface area contributed by atoms with Crippen molar-refractivity contribution in [3.8, 4) is 11.4 Å². The molecule has 0 amide bonds. The number of nitrogens with zero attached hydrogens (tertiary/aromatic N) is 3. The lowest BCUT2D eigenvalue weighted by molar-refractivity contribution is 0.0694. The predicted molar refractivity (Wildman–Crippen MR) is 66.4 cm³/mol. The van der Waals surface area contributed by atoms with Gasteiger partial charge in [0.2, 0.25) is 0 Å². The predicted octanol–water partition coefficient (Wildman–Crippen LogP) is 2.16. The quantitative estimate of drug-likeness (QED) is 0.874. The fourth-order valence-corrected chi connectivity index (χ4v) is 1.84. The van der Waals surface area contributed by atoms with Gasteiger partial charge in [-0.1, -0.05) is 0 Å². The summed E-state index contributed by atoms with van der Waals surface area (Å²) < 4.78 is 0. The molecule has 0 bridgehead atoms. The van der Waals surface area contributed by atoms with E-state index < -0.39 is 5.97 Å². The molecular formula is C13H13N3O2. The second kappa shape index (κ2) is 4.52. The van der Waals surface area contributed by atoms with Crippen LogP contribution >= 0.6 is 0 Å². The van der Waals surface area contributed by atoms with E-state index in [1.54, 1.807) is 26.2 Å². The van der Waals surface area contributed by atoms with E-state index in [0.29, 0.717) is 17.2 Å². The number of aromatic nitrogens is 3. The smallest absolute Gasteiger partial charge is 0.339 e. The number of carbonyl (C=O) groups is 1. The SMILES string of the molecule is Cc1ccncc1-c1nc(C)c(C(=O)O)c(C)n1. The zero-order valence-electron chi connectivity index (χ0n) is 10.4. The number of aromatic carboxylic acids is 1. The van der Waals surface area contributed by atoms with Crippen molar-refractivity contribution >= 4 is 5.97 Å². The van der Waals surface area contributed by atoms with E-state index in [2.05, 4.69) is 15.0 Å². The number of aryl methyl sites for hydroxylation is 3. The highest BCUT2D eigenvalue weighted by Crippen LogP contribution is 2.21. The topological polar surface area (TPSA) is 76.0 Å². The van der Waals surface area contributed by atoms with Crippen molar-refractivity contribution in [2.45, 2.75) is 20.8 Å². The largest absolute Gasteiger partial charge is 0.478 e. The minimum Gasteiger partial charge on any atom is -0.478 e. The number of pyridine rings is 1. The van der Waals surface area contributed by atoms with Crippen molar-refractivity contribution in [3.63, 3.8) is 0 Å². The second-order valence-electron chi connectivity index (χ2n) is 4.09. The average Bonchev–Trinajstić information content (AvgIpc) is 2.27. The first kappa shape index (κ1) is 12.2. The molecule has 0 aliphatic carbocycles. The van der Waals surface area contributed by atoms with Gasteiger partial charge in [-0.2, -0.15) is 0 Å². The van der Waals surface area contributed by atoms with Crippen LogP contribution in [0.5, 0.6) is 0 Å². The van der Waals surface area contributed by atoms with Crippen LogP contribution in [-0.2, 0) is 0 Å². The van der Waals surface area contributed by atoms with E-state index in [-0.39, 0.29) is 5.56 Å². The molecule has 0 aliphatic heterocycles. The third-order valence-electron chi connectivity index (χ3n) is 2.76. The van der Waals surface area contributed by atoms with Gasteiger partial charge in [0.25, 0.3) is 0 Å². The maximum atomic E-state index is 11.1. The lowest BCUT2D eigenvalue weighted by Gasteiger charge is -2.08. The monoisotopic (exact) mass is 243 g/mol. The molecule has 92 valence electrons. The Labute approximate surface area is 105 Å². The first-order valence-corrected chi connectivity index (χ1v) is 5.50. The van der Waals surface area contributed by atoms with Gasteiger partial charge in [-0.15, -0.1) is 0 Å². The van der Waals surface area contributed by atoms with Crippen LogP contribution in [0.15, 0.2) is 18.5 Å². The van der Waals surface area contributed by atoms with E-state index in [9.17, 15) is 4.79 Å². The summed E-state index contributed by atoms with van der Waals surface area (Å²) >= 11 is 0. The maximum Gasteiger partial charge on any atom is 0.339 e. The third-order valence-corrected chi connectivity index (χ3v) is 2.76. The molecule has 0 aliphatic rings. The van der Waals surface area contributed by atoms with E-state index >= 15 is 0 Å². The van der Waals surface area contributed by atoms with Gasteiger partial charge in [0.05, 0.1) is 11.4 Å². The van der Waals surface area contributed by atoms with Crippen molar-refractivity contribution in [1.29, 1.82) is 0 Å². The highest BCUT2D eigenvalue weighted by molar-refractivity contribution is 5.90. The van der Waals surface area contributed by atoms with Crippen LogP contribution in [-0.4, -0.2) is 26.0 Å². The van der Waals surface area contributed by atoms with Crippen LogP contribution in [0.4, 0.5) is 0 Å². The van der Waals surface area contributed by atoms with Crippen LogP contribution in [0.1, 0.15) is 27.3 Å². The Balaban J connectivity index is 2.62. The van der Waals surface area contributed by atoms with Gasteiger partial charge in [-0.3, -0.25) is 4.98 Å². The molecule has 2 aromatic rings. The Morgan fingerprint density at radius 2 is 1.78 bits per heavy atom. The zero-order valence-corrected chi connectivity index (χ0v) is 10.4. The van der Waals surface area contributed by atoms with Crippen LogP contribution in [0.2, 0.25) is 0 Å². The number of hydrogen-bond acceptors (Lipinski definition) is 4. The molecule has 18 heavy (non-hydrogen) atoms. The summed E-state index contributed by atoms with van der Waals surface area (Å²) in [4.78, 5) is 23.6. The molecule has 0 saturated heterocycles. The molecule has 0 atom stereocenters. The number of hydrogen-bond donors (Lipinski definition) is 1. The van der Waals surface area contributed by atoms with Crippen molar-refractivity contribution < 1.29 is 9.90 Å². The molecule has 2 rings (SSSR count). The molecule has 0 radical (unpaired) electrons. The van der Waals surface area contributed by atoms with Crippen LogP contribution in [0.25, 0.3) is 11.4 Å². The summed E-state index contributed by atoms with van der Waals surface area (Å²) in [6.45, 7) is 5.29. The molecule has 0 fully saturated rings. The highest BCUT2D eigenvalue weighted by atomic mass is 16.4. The van der Waals surface area contributed by atoms with Crippen LogP contribution in [0.3, 0.4) is 0 Å². The van der Waals surface area contributed by atoms with Gasteiger partial charge in [0.1, 0.15) is 5.56 Å². The van der Waals surface area contributed by atoms with E-state index in [4.69, 9.17) is 5.11 Å². The Morgan fingerprint density at radius 1 is 1.17 bits per heavy atom. The summed E-state index contributed by atoms with van der Waals surface area (Å²) in [5, 5.41) is 9.07. The Morgan fingerprint density at radius 3 is 2.28 bits per heavy atom.